The number of nitrogens with one attached hydrogen (secondary N) is 1. The predicted molar refractivity (Wildman–Crippen MR) is 123 cm³/mol. The van der Waals surface area contributed by atoms with Gasteiger partial charge in [-0.1, -0.05) is 81.9 Å². The minimum Gasteiger partial charge on any atom is -0.355 e. The van der Waals surface area contributed by atoms with Crippen LogP contribution in [0.4, 0.5) is 0 Å². The van der Waals surface area contributed by atoms with Crippen LogP contribution in [-0.2, 0) is 4.79 Å². The van der Waals surface area contributed by atoms with Gasteiger partial charge in [0.15, 0.2) is 5.16 Å². The molecule has 1 atom stereocenters. The fourth-order valence-electron chi connectivity index (χ4n) is 3.36. The topological polar surface area (TPSA) is 59.8 Å². The summed E-state index contributed by atoms with van der Waals surface area (Å²) in [6.45, 7) is 9.35. The van der Waals surface area contributed by atoms with Crippen LogP contribution >= 0.6 is 11.8 Å². The van der Waals surface area contributed by atoms with Gasteiger partial charge in [-0.3, -0.25) is 9.36 Å². The number of hydrogen-bond acceptors (Lipinski definition) is 4. The van der Waals surface area contributed by atoms with E-state index in [1.54, 1.807) is 6.33 Å². The van der Waals surface area contributed by atoms with E-state index in [0.717, 1.165) is 5.69 Å². The summed E-state index contributed by atoms with van der Waals surface area (Å²) >= 11 is 1.40. The predicted octanol–water partition coefficient (Wildman–Crippen LogP) is 5.04. The van der Waals surface area contributed by atoms with Crippen molar-refractivity contribution >= 4 is 17.7 Å². The molecular formula is C24H30N4OS. The molecule has 0 aliphatic rings. The van der Waals surface area contributed by atoms with Crippen molar-refractivity contribution in [3.63, 3.8) is 0 Å². The van der Waals surface area contributed by atoms with Gasteiger partial charge in [-0.25, -0.2) is 0 Å². The van der Waals surface area contributed by atoms with Crippen LogP contribution in [0.3, 0.4) is 0 Å². The molecule has 30 heavy (non-hydrogen) atoms. The average Bonchev–Trinajstić information content (AvgIpc) is 3.21. The Bertz CT molecular complexity index is 935. The lowest BCUT2D eigenvalue weighted by atomic mass is 9.88. The van der Waals surface area contributed by atoms with Gasteiger partial charge >= 0.3 is 0 Å². The number of aromatic nitrogens is 3. The van der Waals surface area contributed by atoms with Crippen molar-refractivity contribution in [1.82, 2.24) is 20.1 Å². The van der Waals surface area contributed by atoms with Crippen molar-refractivity contribution in [2.45, 2.75) is 44.7 Å². The summed E-state index contributed by atoms with van der Waals surface area (Å²) in [6, 6.07) is 18.7. The van der Waals surface area contributed by atoms with Crippen LogP contribution in [0.1, 0.15) is 50.7 Å². The highest BCUT2D eigenvalue weighted by Crippen LogP contribution is 2.24. The zero-order chi connectivity index (χ0) is 21.5. The summed E-state index contributed by atoms with van der Waals surface area (Å²) in [5.41, 5.74) is 3.54. The van der Waals surface area contributed by atoms with Crippen LogP contribution in [0.25, 0.3) is 5.69 Å². The van der Waals surface area contributed by atoms with Crippen molar-refractivity contribution in [2.24, 2.45) is 5.92 Å². The zero-order valence-electron chi connectivity index (χ0n) is 18.1. The highest BCUT2D eigenvalue weighted by Gasteiger charge is 2.17. The largest absolute Gasteiger partial charge is 0.355 e. The van der Waals surface area contributed by atoms with Gasteiger partial charge in [-0.05, 0) is 35.1 Å². The maximum Gasteiger partial charge on any atom is 0.230 e. The molecule has 2 aromatic carbocycles. The molecule has 6 heteroatoms. The number of carbonyl (C=O) groups is 1. The Morgan fingerprint density at radius 3 is 2.33 bits per heavy atom. The quantitative estimate of drug-likeness (QED) is 0.491. The first kappa shape index (κ1) is 22.1. The zero-order valence-corrected chi connectivity index (χ0v) is 18.9. The minimum atomic E-state index is 0.00582. The first-order valence-electron chi connectivity index (χ1n) is 10.4. The Balaban J connectivity index is 1.57. The molecule has 0 radical (unpaired) electrons. The lowest BCUT2D eigenvalue weighted by Crippen LogP contribution is -2.31. The van der Waals surface area contributed by atoms with E-state index in [1.807, 2.05) is 22.8 Å². The van der Waals surface area contributed by atoms with Crippen LogP contribution in [0.2, 0.25) is 0 Å². The molecule has 0 spiro atoms. The third-order valence-corrected chi connectivity index (χ3v) is 6.18. The van der Waals surface area contributed by atoms with Gasteiger partial charge in [0.1, 0.15) is 6.33 Å². The van der Waals surface area contributed by atoms with Gasteiger partial charge in [0.05, 0.1) is 5.75 Å². The first-order valence-corrected chi connectivity index (χ1v) is 11.4. The molecule has 1 N–H and O–H groups in total. The molecule has 3 aromatic rings. The van der Waals surface area contributed by atoms with E-state index in [-0.39, 0.29) is 5.91 Å². The third-order valence-electron chi connectivity index (χ3n) is 5.24. The molecule has 5 nitrogen and oxygen atoms in total. The number of rotatable bonds is 9. The standard InChI is InChI=1S/C24H30N4OS/c1-17(2)19-10-12-21(13-11-19)28-16-26-27-24(28)30-15-23(29)25-14-22(18(3)4)20-8-6-5-7-9-20/h5-13,16-18,22H,14-15H2,1-4H3,(H,25,29). The van der Waals surface area contributed by atoms with Gasteiger partial charge in [0.25, 0.3) is 0 Å². The second-order valence-corrected chi connectivity index (χ2v) is 9.03. The first-order chi connectivity index (χ1) is 14.5. The fourth-order valence-corrected chi connectivity index (χ4v) is 4.12. The SMILES string of the molecule is CC(C)c1ccc(-n2cnnc2SCC(=O)NCC(c2ccccc2)C(C)C)cc1. The monoisotopic (exact) mass is 422 g/mol. The Morgan fingerprint density at radius 1 is 1.00 bits per heavy atom. The Labute approximate surface area is 183 Å². The van der Waals surface area contributed by atoms with Crippen LogP contribution < -0.4 is 5.32 Å². The lowest BCUT2D eigenvalue weighted by Gasteiger charge is -2.21. The molecule has 1 heterocycles. The summed E-state index contributed by atoms with van der Waals surface area (Å²) in [7, 11) is 0. The van der Waals surface area contributed by atoms with Crippen LogP contribution in [0.5, 0.6) is 0 Å². The van der Waals surface area contributed by atoms with Gasteiger partial charge in [0, 0.05) is 18.2 Å². The van der Waals surface area contributed by atoms with Crippen molar-refractivity contribution in [3.05, 3.63) is 72.1 Å². The van der Waals surface area contributed by atoms with Crippen LogP contribution in [0, 0.1) is 5.92 Å². The summed E-state index contributed by atoms with van der Waals surface area (Å²) in [6.07, 6.45) is 1.69. The number of carbonyl (C=O) groups excluding carboxylic acids is 1. The average molecular weight is 423 g/mol. The second kappa shape index (κ2) is 10.4. The number of benzene rings is 2. The maximum atomic E-state index is 12.5. The van der Waals surface area contributed by atoms with Gasteiger partial charge < -0.3 is 5.32 Å². The van der Waals surface area contributed by atoms with Crippen molar-refractivity contribution in [1.29, 1.82) is 0 Å². The van der Waals surface area contributed by atoms with E-state index in [9.17, 15) is 4.79 Å². The number of nitrogens with zero attached hydrogens (tertiary/aromatic N) is 3. The van der Waals surface area contributed by atoms with E-state index in [1.165, 1.54) is 22.9 Å². The second-order valence-electron chi connectivity index (χ2n) is 8.08. The molecular weight excluding hydrogens is 392 g/mol. The molecule has 0 saturated carbocycles. The van der Waals surface area contributed by atoms with E-state index in [4.69, 9.17) is 0 Å². The molecule has 3 rings (SSSR count). The molecule has 0 aliphatic heterocycles. The normalized spacial score (nSPS) is 12.3. The Hall–Kier alpha value is -2.60. The molecule has 1 unspecified atom stereocenters. The summed E-state index contributed by atoms with van der Waals surface area (Å²) in [5, 5.41) is 12.0. The van der Waals surface area contributed by atoms with Crippen LogP contribution in [0.15, 0.2) is 66.1 Å². The van der Waals surface area contributed by atoms with Crippen molar-refractivity contribution < 1.29 is 4.79 Å². The maximum absolute atomic E-state index is 12.5. The van der Waals surface area contributed by atoms with Crippen molar-refractivity contribution in [3.8, 4) is 5.69 Å². The highest BCUT2D eigenvalue weighted by molar-refractivity contribution is 7.99. The molecule has 0 bridgehead atoms. The summed E-state index contributed by atoms with van der Waals surface area (Å²) < 4.78 is 1.92. The van der Waals surface area contributed by atoms with E-state index in [0.29, 0.717) is 35.2 Å². The van der Waals surface area contributed by atoms with Gasteiger partial charge in [-0.15, -0.1) is 10.2 Å². The molecule has 0 aliphatic carbocycles. The Kier molecular flexibility index (Phi) is 7.69. The highest BCUT2D eigenvalue weighted by atomic mass is 32.2. The molecule has 0 fully saturated rings. The van der Waals surface area contributed by atoms with E-state index >= 15 is 0 Å². The molecule has 158 valence electrons. The Morgan fingerprint density at radius 2 is 1.70 bits per heavy atom. The summed E-state index contributed by atoms with van der Waals surface area (Å²) in [4.78, 5) is 12.5. The molecule has 0 saturated heterocycles. The lowest BCUT2D eigenvalue weighted by molar-refractivity contribution is -0.118. The molecule has 1 aromatic heterocycles. The molecule has 1 amide bonds. The number of thioether (sulfide) groups is 1. The third kappa shape index (κ3) is 5.72. The van der Waals surface area contributed by atoms with Crippen molar-refractivity contribution in [2.75, 3.05) is 12.3 Å². The van der Waals surface area contributed by atoms with Gasteiger partial charge in [-0.2, -0.15) is 0 Å². The number of amides is 1. The number of hydrogen-bond donors (Lipinski definition) is 1. The van der Waals surface area contributed by atoms with Crippen LogP contribution in [-0.4, -0.2) is 33.0 Å². The minimum absolute atomic E-state index is 0.00582. The van der Waals surface area contributed by atoms with Gasteiger partial charge in [0.2, 0.25) is 5.91 Å². The van der Waals surface area contributed by atoms with E-state index in [2.05, 4.69) is 79.6 Å². The van der Waals surface area contributed by atoms with E-state index < -0.39 is 0 Å². The summed E-state index contributed by atoms with van der Waals surface area (Å²) in [5.74, 6) is 1.54. The fraction of sp³-hybridized carbons (Fsp3) is 0.375. The smallest absolute Gasteiger partial charge is 0.230 e.